The Bertz CT molecular complexity index is 564. The van der Waals surface area contributed by atoms with Gasteiger partial charge in [-0.2, -0.15) is 16.8 Å². The van der Waals surface area contributed by atoms with Crippen molar-refractivity contribution in [1.82, 2.24) is 0 Å². The van der Waals surface area contributed by atoms with Crippen LogP contribution >= 0.6 is 0 Å². The molecule has 0 bridgehead atoms. The van der Waals surface area contributed by atoms with Crippen LogP contribution in [0.5, 0.6) is 0 Å². The Kier molecular flexibility index (Phi) is 9.34. The largest absolute Gasteiger partial charge is 0.750 e. The molecule has 0 aliphatic heterocycles. The molecule has 0 rings (SSSR count). The molecule has 2 unspecified atom stereocenters. The topological polar surface area (TPSA) is 226 Å². The molecule has 0 aliphatic carbocycles. The summed E-state index contributed by atoms with van der Waals surface area (Å²) >= 11 is -6.34. The maximum absolute atomic E-state index is 10.6. The third kappa shape index (κ3) is 12.9. The van der Waals surface area contributed by atoms with Gasteiger partial charge in [-0.3, -0.25) is 17.5 Å². The van der Waals surface area contributed by atoms with Gasteiger partial charge >= 0.3 is 20.8 Å². The van der Waals surface area contributed by atoms with Crippen molar-refractivity contribution in [2.45, 2.75) is 0 Å². The minimum Gasteiger partial charge on any atom is -0.750 e. The highest BCUT2D eigenvalue weighted by molar-refractivity contribution is 7.81. The van der Waals surface area contributed by atoms with Crippen LogP contribution < -0.4 is 0 Å². The molecule has 0 aromatic carbocycles. The summed E-state index contributed by atoms with van der Waals surface area (Å²) in [5.41, 5.74) is -2.17. The van der Waals surface area contributed by atoms with E-state index in [1.807, 2.05) is 0 Å². The highest BCUT2D eigenvalue weighted by atomic mass is 32.3. The van der Waals surface area contributed by atoms with Crippen LogP contribution in [-0.4, -0.2) is 69.9 Å². The first-order valence-electron chi connectivity index (χ1n) is 4.93. The summed E-state index contributed by atoms with van der Waals surface area (Å²) < 4.78 is 117. The monoisotopic (exact) mass is 422 g/mol. The molecule has 0 aromatic rings. The summed E-state index contributed by atoms with van der Waals surface area (Å²) in [6.45, 7) is -4.58. The predicted molar refractivity (Wildman–Crippen MR) is 67.2 cm³/mol. The highest BCUT2D eigenvalue weighted by Gasteiger charge is 2.36. The van der Waals surface area contributed by atoms with E-state index in [1.54, 1.807) is 0 Å². The molecule has 0 saturated heterocycles. The molecule has 2 N–H and O–H groups in total. The Morgan fingerprint density at radius 2 is 1.09 bits per heavy atom. The smallest absolute Gasteiger partial charge is 0.397 e. The fourth-order valence-corrected chi connectivity index (χ4v) is 2.49. The van der Waals surface area contributed by atoms with Crippen molar-refractivity contribution in [2.75, 3.05) is 26.4 Å². The summed E-state index contributed by atoms with van der Waals surface area (Å²) in [6, 6.07) is 0. The maximum Gasteiger partial charge on any atom is 0.397 e. The predicted octanol–water partition coefficient (Wildman–Crippen LogP) is -2.77. The minimum atomic E-state index is -5.07. The summed E-state index contributed by atoms with van der Waals surface area (Å²) in [5, 5.41) is 0. The van der Waals surface area contributed by atoms with Gasteiger partial charge in [-0.1, -0.05) is 0 Å². The van der Waals surface area contributed by atoms with Crippen molar-refractivity contribution in [3.63, 3.8) is 0 Å². The van der Waals surface area contributed by atoms with Crippen LogP contribution in [0.1, 0.15) is 0 Å². The molecular weight excluding hydrogens is 412 g/mol. The molecule has 140 valence electrons. The van der Waals surface area contributed by atoms with E-state index in [-0.39, 0.29) is 0 Å². The molecule has 23 heavy (non-hydrogen) atoms. The van der Waals surface area contributed by atoms with Crippen LogP contribution in [0.3, 0.4) is 0 Å². The summed E-state index contributed by atoms with van der Waals surface area (Å²) in [5.74, 6) is 0. The van der Waals surface area contributed by atoms with E-state index in [0.717, 1.165) is 0 Å². The van der Waals surface area contributed by atoms with Gasteiger partial charge in [0.15, 0.2) is 0 Å². The molecule has 0 radical (unpaired) electrons. The van der Waals surface area contributed by atoms with Gasteiger partial charge in [0.2, 0.25) is 0 Å². The number of hydrogen-bond donors (Lipinski definition) is 2. The van der Waals surface area contributed by atoms with Crippen LogP contribution in [0.25, 0.3) is 0 Å². The molecule has 14 nitrogen and oxygen atoms in total. The van der Waals surface area contributed by atoms with E-state index in [4.69, 9.17) is 9.11 Å². The van der Waals surface area contributed by atoms with Gasteiger partial charge in [-0.25, -0.2) is 16.8 Å². The third-order valence-electron chi connectivity index (χ3n) is 1.95. The Morgan fingerprint density at radius 1 is 0.783 bits per heavy atom. The first-order valence-corrected chi connectivity index (χ1v) is 9.66. The number of hydrogen-bond acceptors (Lipinski definition) is 12. The maximum atomic E-state index is 10.6. The lowest BCUT2D eigenvalue weighted by atomic mass is 9.93. The van der Waals surface area contributed by atoms with E-state index in [0.29, 0.717) is 0 Å². The van der Waals surface area contributed by atoms with Crippen molar-refractivity contribution in [3.8, 4) is 0 Å². The van der Waals surface area contributed by atoms with E-state index < -0.39 is 75.4 Å². The Balaban J connectivity index is 5.37. The molecule has 0 amide bonds. The SMILES string of the molecule is O=S([O-])OCC(COS(=O)[O-])(COS(=O)(=O)O)COS(=O)(=O)O. The lowest BCUT2D eigenvalue weighted by Gasteiger charge is -2.31. The molecule has 2 atom stereocenters. The normalized spacial score (nSPS) is 16.2. The van der Waals surface area contributed by atoms with Crippen molar-refractivity contribution in [1.29, 1.82) is 0 Å². The van der Waals surface area contributed by atoms with Crippen LogP contribution in [0.4, 0.5) is 0 Å². The second-order valence-electron chi connectivity index (χ2n) is 3.81. The van der Waals surface area contributed by atoms with E-state index >= 15 is 0 Å². The molecule has 0 saturated carbocycles. The van der Waals surface area contributed by atoms with Crippen LogP contribution in [-0.2, 0) is 60.3 Å². The Labute approximate surface area is 136 Å². The average Bonchev–Trinajstić information content (AvgIpc) is 2.34. The van der Waals surface area contributed by atoms with Gasteiger partial charge in [-0.05, 0) is 0 Å². The van der Waals surface area contributed by atoms with Crippen molar-refractivity contribution in [3.05, 3.63) is 0 Å². The number of rotatable bonds is 12. The average molecular weight is 422 g/mol. The zero-order valence-electron chi connectivity index (χ0n) is 10.8. The molecule has 0 fully saturated rings. The lowest BCUT2D eigenvalue weighted by Crippen LogP contribution is -2.43. The first kappa shape index (κ1) is 22.9. The minimum absolute atomic E-state index is 1.08. The molecule has 0 spiro atoms. The van der Waals surface area contributed by atoms with Crippen molar-refractivity contribution < 1.29 is 60.2 Å². The van der Waals surface area contributed by atoms with Crippen molar-refractivity contribution >= 4 is 43.5 Å². The standard InChI is InChI=1S/C5H12O14S4/c6-20(7)16-1-5(2-17-21(8)9,3-18-22(10,11)12)4-19-23(13,14)15/h1-4H2,(H,6,7)(H,8,9)(H,10,11,12)(H,13,14,15)/p-2. The van der Waals surface area contributed by atoms with Gasteiger partial charge in [0.05, 0.1) is 54.6 Å². The molecule has 0 aromatic heterocycles. The summed E-state index contributed by atoms with van der Waals surface area (Å²) in [7, 11) is -10.1. The highest BCUT2D eigenvalue weighted by Crippen LogP contribution is 2.23. The Hall–Kier alpha value is -0.120. The van der Waals surface area contributed by atoms with Gasteiger partial charge in [0.25, 0.3) is 0 Å². The molecular formula is C5H10O14S4-2. The summed E-state index contributed by atoms with van der Waals surface area (Å²) in [6.07, 6.45) is 0. The van der Waals surface area contributed by atoms with Gasteiger partial charge < -0.3 is 9.11 Å². The zero-order chi connectivity index (χ0) is 18.3. The van der Waals surface area contributed by atoms with E-state index in [2.05, 4.69) is 16.7 Å². The Morgan fingerprint density at radius 3 is 1.30 bits per heavy atom. The van der Waals surface area contributed by atoms with E-state index in [9.17, 15) is 34.4 Å². The second-order valence-corrected chi connectivity index (χ2v) is 7.28. The molecule has 0 aliphatic rings. The van der Waals surface area contributed by atoms with Crippen LogP contribution in [0, 0.1) is 5.41 Å². The second kappa shape index (κ2) is 9.39. The fraction of sp³-hybridized carbons (Fsp3) is 1.00. The van der Waals surface area contributed by atoms with Crippen LogP contribution in [0.2, 0.25) is 0 Å². The molecule has 0 heterocycles. The zero-order valence-corrected chi connectivity index (χ0v) is 14.0. The fourth-order valence-electron chi connectivity index (χ4n) is 0.995. The van der Waals surface area contributed by atoms with Gasteiger partial charge in [0, 0.05) is 0 Å². The van der Waals surface area contributed by atoms with Gasteiger partial charge in [0.1, 0.15) is 0 Å². The third-order valence-corrected chi connectivity index (χ3v) is 3.40. The van der Waals surface area contributed by atoms with E-state index in [1.165, 1.54) is 0 Å². The molecule has 18 heteroatoms. The van der Waals surface area contributed by atoms with Crippen LogP contribution in [0.15, 0.2) is 0 Å². The van der Waals surface area contributed by atoms with Crippen molar-refractivity contribution in [2.24, 2.45) is 5.41 Å². The summed E-state index contributed by atoms with van der Waals surface area (Å²) in [4.78, 5) is 0. The van der Waals surface area contributed by atoms with Gasteiger partial charge in [-0.15, -0.1) is 0 Å². The first-order chi connectivity index (χ1) is 10.2. The lowest BCUT2D eigenvalue weighted by molar-refractivity contribution is -0.00270. The quantitative estimate of drug-likeness (QED) is 0.240.